The van der Waals surface area contributed by atoms with Crippen LogP contribution in [0, 0.1) is 5.92 Å². The van der Waals surface area contributed by atoms with Crippen molar-refractivity contribution < 1.29 is 14.3 Å². The highest BCUT2D eigenvalue weighted by Gasteiger charge is 2.24. The Hall–Kier alpha value is -1.65. The first-order valence-electron chi connectivity index (χ1n) is 5.22. The van der Waals surface area contributed by atoms with Crippen molar-refractivity contribution in [1.29, 1.82) is 0 Å². The highest BCUT2D eigenvalue weighted by atomic mass is 16.5. The number of carbonyl (C=O) groups excluding carboxylic acids is 2. The summed E-state index contributed by atoms with van der Waals surface area (Å²) in [4.78, 5) is 23.5. The van der Waals surface area contributed by atoms with E-state index in [2.05, 4.69) is 5.10 Å². The number of hydrogen-bond acceptors (Lipinski definition) is 4. The first-order chi connectivity index (χ1) is 7.49. The van der Waals surface area contributed by atoms with E-state index >= 15 is 0 Å². The summed E-state index contributed by atoms with van der Waals surface area (Å²) in [6.45, 7) is 5.57. The van der Waals surface area contributed by atoms with Gasteiger partial charge in [0.25, 0.3) is 0 Å². The van der Waals surface area contributed by atoms with E-state index in [9.17, 15) is 9.59 Å². The summed E-state index contributed by atoms with van der Waals surface area (Å²) in [5, 5.41) is 3.92. The van der Waals surface area contributed by atoms with Gasteiger partial charge in [-0.2, -0.15) is 5.10 Å². The topological polar surface area (TPSA) is 61.2 Å². The van der Waals surface area contributed by atoms with E-state index in [0.29, 0.717) is 5.69 Å². The van der Waals surface area contributed by atoms with Crippen molar-refractivity contribution in [2.45, 2.75) is 20.8 Å². The quantitative estimate of drug-likeness (QED) is 0.573. The Morgan fingerprint density at radius 2 is 2.12 bits per heavy atom. The van der Waals surface area contributed by atoms with Crippen molar-refractivity contribution in [3.8, 4) is 0 Å². The van der Waals surface area contributed by atoms with Crippen LogP contribution in [0.2, 0.25) is 0 Å². The number of nitrogens with zero attached hydrogens (tertiary/aromatic N) is 2. The monoisotopic (exact) mass is 224 g/mol. The number of esters is 1. The number of hydrogen-bond donors (Lipinski definition) is 0. The van der Waals surface area contributed by atoms with Crippen LogP contribution < -0.4 is 0 Å². The Kier molecular flexibility index (Phi) is 3.82. The second kappa shape index (κ2) is 4.92. The van der Waals surface area contributed by atoms with E-state index in [1.807, 2.05) is 0 Å². The number of rotatable bonds is 4. The van der Waals surface area contributed by atoms with Crippen LogP contribution >= 0.6 is 0 Å². The molecule has 1 aromatic heterocycles. The fraction of sp³-hybridized carbons (Fsp3) is 0.545. The first-order valence-corrected chi connectivity index (χ1v) is 5.22. The van der Waals surface area contributed by atoms with Crippen molar-refractivity contribution in [2.24, 2.45) is 13.0 Å². The van der Waals surface area contributed by atoms with Gasteiger partial charge in [-0.1, -0.05) is 13.8 Å². The molecule has 0 saturated heterocycles. The third kappa shape index (κ3) is 2.29. The minimum absolute atomic E-state index is 0.108. The van der Waals surface area contributed by atoms with Gasteiger partial charge in [0.2, 0.25) is 0 Å². The summed E-state index contributed by atoms with van der Waals surface area (Å²) in [5.41, 5.74) is 0.552. The fourth-order valence-corrected chi connectivity index (χ4v) is 1.36. The average Bonchev–Trinajstić information content (AvgIpc) is 2.59. The zero-order valence-corrected chi connectivity index (χ0v) is 9.98. The van der Waals surface area contributed by atoms with E-state index in [4.69, 9.17) is 4.74 Å². The predicted octanol–water partition coefficient (Wildman–Crippen LogP) is 1.44. The first kappa shape index (κ1) is 12.4. The molecule has 1 heterocycles. The number of aryl methyl sites for hydroxylation is 1. The van der Waals surface area contributed by atoms with Crippen molar-refractivity contribution in [3.63, 3.8) is 0 Å². The van der Waals surface area contributed by atoms with Gasteiger partial charge in [0.15, 0.2) is 5.78 Å². The second-order valence-corrected chi connectivity index (χ2v) is 3.77. The standard InChI is InChI=1S/C11H16N2O3/c1-5-16-11(15)8-6-12-13(4)9(8)10(14)7(2)3/h6-7H,5H2,1-4H3. The summed E-state index contributed by atoms with van der Waals surface area (Å²) in [7, 11) is 1.64. The summed E-state index contributed by atoms with van der Waals surface area (Å²) in [6.07, 6.45) is 1.37. The van der Waals surface area contributed by atoms with Crippen LogP contribution in [0.5, 0.6) is 0 Å². The zero-order chi connectivity index (χ0) is 12.3. The Labute approximate surface area is 94.4 Å². The summed E-state index contributed by atoms with van der Waals surface area (Å²) < 4.78 is 6.28. The molecule has 5 nitrogen and oxygen atoms in total. The van der Waals surface area contributed by atoms with Crippen LogP contribution in [0.25, 0.3) is 0 Å². The summed E-state index contributed by atoms with van der Waals surface area (Å²) in [6, 6.07) is 0. The lowest BCUT2D eigenvalue weighted by atomic mass is 10.0. The summed E-state index contributed by atoms with van der Waals surface area (Å²) in [5.74, 6) is -0.786. The van der Waals surface area contributed by atoms with Gasteiger partial charge in [-0.15, -0.1) is 0 Å². The maximum Gasteiger partial charge on any atom is 0.342 e. The minimum atomic E-state index is -0.500. The van der Waals surface area contributed by atoms with Gasteiger partial charge in [-0.3, -0.25) is 9.48 Å². The molecule has 0 bridgehead atoms. The molecule has 0 fully saturated rings. The van der Waals surface area contributed by atoms with Crippen LogP contribution in [-0.4, -0.2) is 28.1 Å². The minimum Gasteiger partial charge on any atom is -0.462 e. The lowest BCUT2D eigenvalue weighted by Crippen LogP contribution is -2.17. The molecule has 0 aliphatic rings. The molecular formula is C11H16N2O3. The predicted molar refractivity (Wildman–Crippen MR) is 58.3 cm³/mol. The summed E-state index contributed by atoms with van der Waals surface area (Å²) >= 11 is 0. The van der Waals surface area contributed by atoms with Gasteiger partial charge >= 0.3 is 5.97 Å². The molecule has 0 unspecified atom stereocenters. The molecule has 0 aliphatic carbocycles. The average molecular weight is 224 g/mol. The Bertz CT molecular complexity index is 407. The van der Waals surface area contributed by atoms with Gasteiger partial charge < -0.3 is 4.74 Å². The van der Waals surface area contributed by atoms with E-state index in [1.54, 1.807) is 27.8 Å². The SMILES string of the molecule is CCOC(=O)c1cnn(C)c1C(=O)C(C)C. The Morgan fingerprint density at radius 3 is 2.62 bits per heavy atom. The second-order valence-electron chi connectivity index (χ2n) is 3.77. The molecule has 0 saturated carbocycles. The van der Waals surface area contributed by atoms with Crippen molar-refractivity contribution in [2.75, 3.05) is 6.61 Å². The molecule has 0 N–H and O–H groups in total. The van der Waals surface area contributed by atoms with Gasteiger partial charge in [0.05, 0.1) is 12.8 Å². The molecule has 1 rings (SSSR count). The van der Waals surface area contributed by atoms with Gasteiger partial charge in [-0.25, -0.2) is 4.79 Å². The fourth-order valence-electron chi connectivity index (χ4n) is 1.36. The van der Waals surface area contributed by atoms with Crippen LogP contribution in [0.4, 0.5) is 0 Å². The third-order valence-corrected chi connectivity index (χ3v) is 2.19. The molecular weight excluding hydrogens is 208 g/mol. The van der Waals surface area contributed by atoms with Crippen LogP contribution in [-0.2, 0) is 11.8 Å². The molecule has 0 amide bonds. The molecule has 1 aromatic rings. The molecule has 0 spiro atoms. The largest absolute Gasteiger partial charge is 0.462 e. The molecule has 0 aliphatic heterocycles. The van der Waals surface area contributed by atoms with E-state index in [1.165, 1.54) is 10.9 Å². The van der Waals surface area contributed by atoms with Crippen molar-refractivity contribution in [3.05, 3.63) is 17.5 Å². The van der Waals surface area contributed by atoms with E-state index in [-0.39, 0.29) is 23.9 Å². The lowest BCUT2D eigenvalue weighted by molar-refractivity contribution is 0.0522. The molecule has 0 atom stereocenters. The number of ether oxygens (including phenoxy) is 1. The number of Topliss-reactive ketones (excluding diaryl/α,β-unsaturated/α-hetero) is 1. The molecule has 16 heavy (non-hydrogen) atoms. The highest BCUT2D eigenvalue weighted by Crippen LogP contribution is 2.14. The van der Waals surface area contributed by atoms with Crippen LogP contribution in [0.1, 0.15) is 41.6 Å². The van der Waals surface area contributed by atoms with E-state index < -0.39 is 5.97 Å². The van der Waals surface area contributed by atoms with Gasteiger partial charge in [0.1, 0.15) is 11.3 Å². The number of carbonyl (C=O) groups is 2. The Balaban J connectivity index is 3.12. The van der Waals surface area contributed by atoms with Crippen LogP contribution in [0.15, 0.2) is 6.20 Å². The molecule has 88 valence electrons. The van der Waals surface area contributed by atoms with Gasteiger partial charge in [-0.05, 0) is 6.92 Å². The third-order valence-electron chi connectivity index (χ3n) is 2.19. The molecule has 0 aromatic carbocycles. The lowest BCUT2D eigenvalue weighted by Gasteiger charge is -2.07. The highest BCUT2D eigenvalue weighted by molar-refractivity contribution is 6.05. The molecule has 5 heteroatoms. The van der Waals surface area contributed by atoms with Crippen LogP contribution in [0.3, 0.4) is 0 Å². The smallest absolute Gasteiger partial charge is 0.342 e. The van der Waals surface area contributed by atoms with Crippen molar-refractivity contribution >= 4 is 11.8 Å². The maximum absolute atomic E-state index is 11.9. The van der Waals surface area contributed by atoms with E-state index in [0.717, 1.165) is 0 Å². The van der Waals surface area contributed by atoms with Gasteiger partial charge in [0, 0.05) is 13.0 Å². The number of ketones is 1. The zero-order valence-electron chi connectivity index (χ0n) is 9.98. The molecule has 0 radical (unpaired) electrons. The normalized spacial score (nSPS) is 10.6. The van der Waals surface area contributed by atoms with Crippen molar-refractivity contribution in [1.82, 2.24) is 9.78 Å². The number of aromatic nitrogens is 2. The Morgan fingerprint density at radius 1 is 1.50 bits per heavy atom. The maximum atomic E-state index is 11.9.